The molecule has 0 fully saturated rings. The minimum absolute atomic E-state index is 0.0485. The van der Waals surface area contributed by atoms with E-state index in [1.807, 2.05) is 0 Å². The molecule has 1 aromatic carbocycles. The predicted octanol–water partition coefficient (Wildman–Crippen LogP) is 2.13. The van der Waals surface area contributed by atoms with Gasteiger partial charge in [0.05, 0.1) is 13.3 Å². The number of aromatic nitrogens is 2. The lowest BCUT2D eigenvalue weighted by Gasteiger charge is -2.05. The molecule has 0 bridgehead atoms. The Bertz CT molecular complexity index is 623. The molecule has 2 rings (SSSR count). The quantitative estimate of drug-likeness (QED) is 0.796. The summed E-state index contributed by atoms with van der Waals surface area (Å²) in [7, 11) is 3.05. The molecule has 0 radical (unpaired) electrons. The highest BCUT2D eigenvalue weighted by molar-refractivity contribution is 5.98. The van der Waals surface area contributed by atoms with Gasteiger partial charge in [0.15, 0.2) is 23.2 Å². The fourth-order valence-electron chi connectivity index (χ4n) is 1.80. The van der Waals surface area contributed by atoms with E-state index in [2.05, 4.69) is 5.10 Å². The molecule has 1 heterocycles. The van der Waals surface area contributed by atoms with Crippen molar-refractivity contribution < 1.29 is 18.3 Å². The molecule has 0 N–H and O–H groups in total. The van der Waals surface area contributed by atoms with Gasteiger partial charge in [-0.1, -0.05) is 6.07 Å². The monoisotopic (exact) mass is 266 g/mol. The Labute approximate surface area is 108 Å². The number of Topliss-reactive ketones (excluding diaryl/α,β-unsaturated/α-hetero) is 1. The number of methoxy groups -OCH3 is 1. The molecule has 19 heavy (non-hydrogen) atoms. The summed E-state index contributed by atoms with van der Waals surface area (Å²) in [4.78, 5) is 12.1. The Hall–Kier alpha value is -2.24. The van der Waals surface area contributed by atoms with Gasteiger partial charge in [0, 0.05) is 13.5 Å². The summed E-state index contributed by atoms with van der Waals surface area (Å²) >= 11 is 0. The summed E-state index contributed by atoms with van der Waals surface area (Å²) in [5.74, 6) is -1.82. The minimum atomic E-state index is -0.970. The van der Waals surface area contributed by atoms with Crippen molar-refractivity contribution in [2.24, 2.45) is 7.05 Å². The Morgan fingerprint density at radius 3 is 2.74 bits per heavy atom. The third-order valence-corrected chi connectivity index (χ3v) is 2.74. The normalized spacial score (nSPS) is 10.5. The van der Waals surface area contributed by atoms with E-state index in [1.54, 1.807) is 7.05 Å². The maximum atomic E-state index is 13.1. The summed E-state index contributed by atoms with van der Waals surface area (Å²) in [5, 5.41) is 3.92. The largest absolute Gasteiger partial charge is 0.493 e. The van der Waals surface area contributed by atoms with Crippen LogP contribution in [0.25, 0.3) is 0 Å². The maximum Gasteiger partial charge on any atom is 0.189 e. The van der Waals surface area contributed by atoms with Crippen LogP contribution in [0, 0.1) is 11.6 Å². The van der Waals surface area contributed by atoms with Crippen LogP contribution in [0.15, 0.2) is 24.4 Å². The molecule has 0 spiro atoms. The van der Waals surface area contributed by atoms with E-state index in [0.717, 1.165) is 12.1 Å². The molecule has 1 aromatic heterocycles. The Balaban J connectivity index is 2.25. The van der Waals surface area contributed by atoms with E-state index in [1.165, 1.54) is 24.1 Å². The number of nitrogens with zero attached hydrogens (tertiary/aromatic N) is 2. The molecule has 0 aliphatic carbocycles. The van der Waals surface area contributed by atoms with Gasteiger partial charge in [-0.3, -0.25) is 9.48 Å². The summed E-state index contributed by atoms with van der Waals surface area (Å²) in [6.45, 7) is 0. The molecule has 0 saturated carbocycles. The summed E-state index contributed by atoms with van der Waals surface area (Å²) in [6.07, 6.45) is 1.38. The fraction of sp³-hybridized carbons (Fsp3) is 0.231. The van der Waals surface area contributed by atoms with Crippen LogP contribution in [0.1, 0.15) is 16.1 Å². The number of ketones is 1. The molecule has 0 amide bonds. The molecule has 0 aliphatic heterocycles. The van der Waals surface area contributed by atoms with Gasteiger partial charge in [-0.05, 0) is 17.7 Å². The third kappa shape index (κ3) is 2.62. The zero-order valence-corrected chi connectivity index (χ0v) is 10.5. The number of hydrogen-bond acceptors (Lipinski definition) is 3. The van der Waals surface area contributed by atoms with E-state index in [-0.39, 0.29) is 12.2 Å². The van der Waals surface area contributed by atoms with Crippen LogP contribution in [0.5, 0.6) is 5.75 Å². The molecule has 6 heteroatoms. The number of benzene rings is 1. The van der Waals surface area contributed by atoms with Crippen molar-refractivity contribution in [3.8, 4) is 5.75 Å². The van der Waals surface area contributed by atoms with Gasteiger partial charge in [-0.15, -0.1) is 0 Å². The van der Waals surface area contributed by atoms with Crippen LogP contribution in [0.2, 0.25) is 0 Å². The van der Waals surface area contributed by atoms with Gasteiger partial charge in [-0.25, -0.2) is 8.78 Å². The third-order valence-electron chi connectivity index (χ3n) is 2.74. The van der Waals surface area contributed by atoms with Crippen LogP contribution in [0.4, 0.5) is 8.78 Å². The Morgan fingerprint density at radius 1 is 1.37 bits per heavy atom. The second-order valence-electron chi connectivity index (χ2n) is 4.03. The average molecular weight is 266 g/mol. The van der Waals surface area contributed by atoms with Crippen molar-refractivity contribution in [1.82, 2.24) is 9.78 Å². The second-order valence-corrected chi connectivity index (χ2v) is 4.03. The van der Waals surface area contributed by atoms with E-state index in [4.69, 9.17) is 4.74 Å². The molecule has 0 unspecified atom stereocenters. The zero-order chi connectivity index (χ0) is 14.0. The van der Waals surface area contributed by atoms with Crippen molar-refractivity contribution in [2.45, 2.75) is 6.42 Å². The molecule has 100 valence electrons. The SMILES string of the molecule is COc1cnn(C)c1C(=O)Cc1ccc(F)c(F)c1. The zero-order valence-electron chi connectivity index (χ0n) is 10.5. The second kappa shape index (κ2) is 5.17. The number of ether oxygens (including phenoxy) is 1. The Morgan fingerprint density at radius 2 is 2.11 bits per heavy atom. The van der Waals surface area contributed by atoms with E-state index in [9.17, 15) is 13.6 Å². The highest BCUT2D eigenvalue weighted by Crippen LogP contribution is 2.19. The lowest BCUT2D eigenvalue weighted by atomic mass is 10.1. The van der Waals surface area contributed by atoms with Crippen molar-refractivity contribution in [3.05, 3.63) is 47.3 Å². The van der Waals surface area contributed by atoms with Gasteiger partial charge in [-0.2, -0.15) is 5.10 Å². The van der Waals surface area contributed by atoms with Crippen molar-refractivity contribution >= 4 is 5.78 Å². The standard InChI is InChI=1S/C13H12F2N2O2/c1-17-13(12(19-2)7-16-17)11(18)6-8-3-4-9(14)10(15)5-8/h3-5,7H,6H2,1-2H3. The topological polar surface area (TPSA) is 44.1 Å². The highest BCUT2D eigenvalue weighted by Gasteiger charge is 2.18. The van der Waals surface area contributed by atoms with E-state index >= 15 is 0 Å². The number of halogens is 2. The number of rotatable bonds is 4. The Kier molecular flexibility index (Phi) is 3.59. The number of carbonyl (C=O) groups is 1. The molecule has 0 atom stereocenters. The summed E-state index contributed by atoms with van der Waals surface area (Å²) in [6, 6.07) is 3.38. The van der Waals surface area contributed by atoms with E-state index < -0.39 is 11.6 Å². The minimum Gasteiger partial charge on any atom is -0.493 e. The predicted molar refractivity (Wildman–Crippen MR) is 64.2 cm³/mol. The number of hydrogen-bond donors (Lipinski definition) is 0. The van der Waals surface area contributed by atoms with Gasteiger partial charge in [0.25, 0.3) is 0 Å². The smallest absolute Gasteiger partial charge is 0.189 e. The lowest BCUT2D eigenvalue weighted by Crippen LogP contribution is -2.11. The molecule has 0 aliphatic rings. The number of carbonyl (C=O) groups excluding carboxylic acids is 1. The lowest BCUT2D eigenvalue weighted by molar-refractivity contribution is 0.0981. The van der Waals surface area contributed by atoms with Crippen LogP contribution in [-0.2, 0) is 13.5 Å². The van der Waals surface area contributed by atoms with Crippen LogP contribution in [-0.4, -0.2) is 22.7 Å². The maximum absolute atomic E-state index is 13.1. The van der Waals surface area contributed by atoms with Gasteiger partial charge in [0.2, 0.25) is 0 Å². The first-order valence-electron chi connectivity index (χ1n) is 5.56. The summed E-state index contributed by atoms with van der Waals surface area (Å²) < 4.78 is 32.3. The average Bonchev–Trinajstić information content (AvgIpc) is 2.75. The van der Waals surface area contributed by atoms with Gasteiger partial charge < -0.3 is 4.74 Å². The number of aryl methyl sites for hydroxylation is 1. The van der Waals surface area contributed by atoms with Gasteiger partial charge in [0.1, 0.15) is 5.69 Å². The summed E-state index contributed by atoms with van der Waals surface area (Å²) in [5.41, 5.74) is 0.694. The molecule has 0 saturated heterocycles. The first-order chi connectivity index (χ1) is 9.02. The van der Waals surface area contributed by atoms with E-state index in [0.29, 0.717) is 17.0 Å². The van der Waals surface area contributed by atoms with Crippen molar-refractivity contribution in [1.29, 1.82) is 0 Å². The van der Waals surface area contributed by atoms with Crippen LogP contribution in [0.3, 0.4) is 0 Å². The highest BCUT2D eigenvalue weighted by atomic mass is 19.2. The van der Waals surface area contributed by atoms with Crippen molar-refractivity contribution in [3.63, 3.8) is 0 Å². The first-order valence-corrected chi connectivity index (χ1v) is 5.56. The first kappa shape index (κ1) is 13.2. The molecule has 4 nitrogen and oxygen atoms in total. The molecular formula is C13H12F2N2O2. The molecular weight excluding hydrogens is 254 g/mol. The van der Waals surface area contributed by atoms with Crippen molar-refractivity contribution in [2.75, 3.05) is 7.11 Å². The van der Waals surface area contributed by atoms with Gasteiger partial charge >= 0.3 is 0 Å². The van der Waals surface area contributed by atoms with Crippen LogP contribution < -0.4 is 4.74 Å². The fourth-order valence-corrected chi connectivity index (χ4v) is 1.80. The molecule has 2 aromatic rings. The van der Waals surface area contributed by atoms with Crippen LogP contribution >= 0.6 is 0 Å².